The molecule has 1 aliphatic rings. The third-order valence-corrected chi connectivity index (χ3v) is 5.74. The average Bonchev–Trinajstić information content (AvgIpc) is 3.16. The normalized spacial score (nSPS) is 14.9. The van der Waals surface area contributed by atoms with Crippen LogP contribution in [0.5, 0.6) is 0 Å². The number of carbonyl (C=O) groups excluding carboxylic acids is 2. The fourth-order valence-electron chi connectivity index (χ4n) is 3.54. The summed E-state index contributed by atoms with van der Waals surface area (Å²) in [5.41, 5.74) is 0.213. The van der Waals surface area contributed by atoms with Crippen LogP contribution >= 0.6 is 23.2 Å². The third kappa shape index (κ3) is 4.36. The van der Waals surface area contributed by atoms with Crippen LogP contribution in [-0.2, 0) is 6.18 Å². The second kappa shape index (κ2) is 8.09. The molecule has 31 heavy (non-hydrogen) atoms. The molecule has 0 aliphatic carbocycles. The van der Waals surface area contributed by atoms with E-state index in [0.29, 0.717) is 47.7 Å². The van der Waals surface area contributed by atoms with Crippen molar-refractivity contribution in [3.8, 4) is 0 Å². The van der Waals surface area contributed by atoms with E-state index < -0.39 is 11.7 Å². The molecule has 2 heterocycles. The summed E-state index contributed by atoms with van der Waals surface area (Å²) in [6, 6.07) is 9.34. The fourth-order valence-corrected chi connectivity index (χ4v) is 4.03. The standard InChI is InChI=1S/C21H16Cl2F3N3O2/c22-14-2-3-15(16(23)11-14)19(30)28-5-7-29(8-6-28)20(31)18-10-12-9-13(21(24,25)26)1-4-17(12)27-18/h1-4,9-11,27H,5-8H2. The van der Waals surface area contributed by atoms with Crippen molar-refractivity contribution in [3.05, 3.63) is 69.3 Å². The van der Waals surface area contributed by atoms with Crippen molar-refractivity contribution in [2.75, 3.05) is 26.2 Å². The van der Waals surface area contributed by atoms with Gasteiger partial charge in [-0.25, -0.2) is 0 Å². The number of piperazine rings is 1. The van der Waals surface area contributed by atoms with Crippen LogP contribution in [-0.4, -0.2) is 52.8 Å². The third-order valence-electron chi connectivity index (χ3n) is 5.19. The smallest absolute Gasteiger partial charge is 0.351 e. The van der Waals surface area contributed by atoms with Gasteiger partial charge in [0.25, 0.3) is 11.8 Å². The Morgan fingerprint density at radius 2 is 1.52 bits per heavy atom. The van der Waals surface area contributed by atoms with E-state index in [2.05, 4.69) is 4.98 Å². The minimum Gasteiger partial charge on any atom is -0.351 e. The lowest BCUT2D eigenvalue weighted by Gasteiger charge is -2.34. The Labute approximate surface area is 185 Å². The number of fused-ring (bicyclic) bond motifs is 1. The average molecular weight is 470 g/mol. The molecule has 4 rings (SSSR count). The fraction of sp³-hybridized carbons (Fsp3) is 0.238. The topological polar surface area (TPSA) is 56.4 Å². The quantitative estimate of drug-likeness (QED) is 0.568. The number of aromatic nitrogens is 1. The summed E-state index contributed by atoms with van der Waals surface area (Å²) < 4.78 is 38.7. The number of alkyl halides is 3. The number of aromatic amines is 1. The van der Waals surface area contributed by atoms with Crippen molar-refractivity contribution < 1.29 is 22.8 Å². The lowest BCUT2D eigenvalue weighted by atomic mass is 10.1. The maximum atomic E-state index is 12.9. The van der Waals surface area contributed by atoms with Crippen molar-refractivity contribution in [1.82, 2.24) is 14.8 Å². The SMILES string of the molecule is O=C(c1cc2cc(C(F)(F)F)ccc2[nH]1)N1CCN(C(=O)c2ccc(Cl)cc2Cl)CC1. The summed E-state index contributed by atoms with van der Waals surface area (Å²) in [5, 5.41) is 0.995. The van der Waals surface area contributed by atoms with Crippen LogP contribution in [0.1, 0.15) is 26.4 Å². The summed E-state index contributed by atoms with van der Waals surface area (Å²) in [4.78, 5) is 31.6. The van der Waals surface area contributed by atoms with Gasteiger partial charge in [0.2, 0.25) is 0 Å². The second-order valence-electron chi connectivity index (χ2n) is 7.19. The van der Waals surface area contributed by atoms with Gasteiger partial charge in [-0.1, -0.05) is 23.2 Å². The molecule has 5 nitrogen and oxygen atoms in total. The van der Waals surface area contributed by atoms with Crippen LogP contribution < -0.4 is 0 Å². The van der Waals surface area contributed by atoms with Crippen LogP contribution in [0.3, 0.4) is 0 Å². The molecule has 0 spiro atoms. The van der Waals surface area contributed by atoms with Crippen LogP contribution in [0.4, 0.5) is 13.2 Å². The van der Waals surface area contributed by atoms with E-state index in [-0.39, 0.29) is 22.5 Å². The number of nitrogens with zero attached hydrogens (tertiary/aromatic N) is 2. The number of carbonyl (C=O) groups is 2. The first-order valence-corrected chi connectivity index (χ1v) is 10.1. The van der Waals surface area contributed by atoms with E-state index in [1.807, 2.05) is 0 Å². The Morgan fingerprint density at radius 1 is 0.871 bits per heavy atom. The molecule has 1 aliphatic heterocycles. The highest BCUT2D eigenvalue weighted by Gasteiger charge is 2.31. The van der Waals surface area contributed by atoms with Gasteiger partial charge in [-0.3, -0.25) is 9.59 Å². The molecular weight excluding hydrogens is 454 g/mol. The molecule has 2 amide bonds. The molecular formula is C21H16Cl2F3N3O2. The largest absolute Gasteiger partial charge is 0.416 e. The summed E-state index contributed by atoms with van der Waals surface area (Å²) in [5.74, 6) is -0.583. The number of hydrogen-bond donors (Lipinski definition) is 1. The highest BCUT2D eigenvalue weighted by molar-refractivity contribution is 6.36. The first-order chi connectivity index (χ1) is 14.6. The Balaban J connectivity index is 1.45. The Morgan fingerprint density at radius 3 is 2.13 bits per heavy atom. The molecule has 0 bridgehead atoms. The summed E-state index contributed by atoms with van der Waals surface area (Å²) in [6.07, 6.45) is -4.45. The van der Waals surface area contributed by atoms with Gasteiger partial charge < -0.3 is 14.8 Å². The van der Waals surface area contributed by atoms with E-state index in [0.717, 1.165) is 12.1 Å². The van der Waals surface area contributed by atoms with Gasteiger partial charge >= 0.3 is 6.18 Å². The first-order valence-electron chi connectivity index (χ1n) is 9.37. The first kappa shape index (κ1) is 21.5. The molecule has 0 saturated carbocycles. The zero-order valence-electron chi connectivity index (χ0n) is 16.0. The highest BCUT2D eigenvalue weighted by atomic mass is 35.5. The molecule has 1 aromatic heterocycles. The molecule has 0 radical (unpaired) electrons. The van der Waals surface area contributed by atoms with Crippen LogP contribution in [0.2, 0.25) is 10.0 Å². The minimum absolute atomic E-state index is 0.204. The predicted octanol–water partition coefficient (Wildman–Crippen LogP) is 5.09. The van der Waals surface area contributed by atoms with E-state index >= 15 is 0 Å². The number of amides is 2. The van der Waals surface area contributed by atoms with E-state index in [1.54, 1.807) is 21.9 Å². The van der Waals surface area contributed by atoms with Gasteiger partial charge in [0, 0.05) is 42.1 Å². The van der Waals surface area contributed by atoms with Gasteiger partial charge in [0.15, 0.2) is 0 Å². The predicted molar refractivity (Wildman–Crippen MR) is 112 cm³/mol. The van der Waals surface area contributed by atoms with Crippen molar-refractivity contribution in [2.24, 2.45) is 0 Å². The molecule has 10 heteroatoms. The minimum atomic E-state index is -4.45. The highest BCUT2D eigenvalue weighted by Crippen LogP contribution is 2.31. The molecule has 1 saturated heterocycles. The van der Waals surface area contributed by atoms with Crippen LogP contribution in [0.25, 0.3) is 10.9 Å². The molecule has 1 N–H and O–H groups in total. The van der Waals surface area contributed by atoms with Gasteiger partial charge in [0.1, 0.15) is 5.69 Å². The molecule has 3 aromatic rings. The van der Waals surface area contributed by atoms with Gasteiger partial charge in [0.05, 0.1) is 16.1 Å². The monoisotopic (exact) mass is 469 g/mol. The lowest BCUT2D eigenvalue weighted by Crippen LogP contribution is -2.50. The van der Waals surface area contributed by atoms with E-state index in [9.17, 15) is 22.8 Å². The van der Waals surface area contributed by atoms with Crippen LogP contribution in [0, 0.1) is 0 Å². The number of H-pyrrole nitrogens is 1. The van der Waals surface area contributed by atoms with Crippen molar-refractivity contribution in [1.29, 1.82) is 0 Å². The van der Waals surface area contributed by atoms with Gasteiger partial charge in [-0.05, 0) is 42.5 Å². The zero-order valence-corrected chi connectivity index (χ0v) is 17.5. The summed E-state index contributed by atoms with van der Waals surface area (Å²) >= 11 is 12.0. The molecule has 0 atom stereocenters. The van der Waals surface area contributed by atoms with Crippen molar-refractivity contribution in [2.45, 2.75) is 6.18 Å². The number of rotatable bonds is 2. The maximum Gasteiger partial charge on any atom is 0.416 e. The molecule has 0 unspecified atom stereocenters. The summed E-state index contributed by atoms with van der Waals surface area (Å²) in [7, 11) is 0. The Bertz CT molecular complexity index is 1170. The van der Waals surface area contributed by atoms with Crippen LogP contribution in [0.15, 0.2) is 42.5 Å². The van der Waals surface area contributed by atoms with Crippen molar-refractivity contribution in [3.63, 3.8) is 0 Å². The molecule has 1 fully saturated rings. The number of hydrogen-bond acceptors (Lipinski definition) is 2. The lowest BCUT2D eigenvalue weighted by molar-refractivity contribution is -0.137. The Kier molecular flexibility index (Phi) is 5.61. The van der Waals surface area contributed by atoms with Gasteiger partial charge in [-0.15, -0.1) is 0 Å². The number of nitrogens with one attached hydrogen (secondary N) is 1. The second-order valence-corrected chi connectivity index (χ2v) is 8.04. The Hall–Kier alpha value is -2.71. The molecule has 162 valence electrons. The number of halogens is 5. The molecule has 2 aromatic carbocycles. The maximum absolute atomic E-state index is 12.9. The van der Waals surface area contributed by atoms with Crippen molar-refractivity contribution >= 4 is 45.9 Å². The van der Waals surface area contributed by atoms with Gasteiger partial charge in [-0.2, -0.15) is 13.2 Å². The summed E-state index contributed by atoms with van der Waals surface area (Å²) in [6.45, 7) is 1.20. The van der Waals surface area contributed by atoms with E-state index in [4.69, 9.17) is 23.2 Å². The van der Waals surface area contributed by atoms with E-state index in [1.165, 1.54) is 18.2 Å². The number of benzene rings is 2. The zero-order chi connectivity index (χ0) is 22.3.